The zero-order valence-electron chi connectivity index (χ0n) is 11.8. The maximum atomic E-state index is 12.4. The summed E-state index contributed by atoms with van der Waals surface area (Å²) >= 11 is 6.76. The van der Waals surface area contributed by atoms with E-state index < -0.39 is 5.54 Å². The third-order valence-corrected chi connectivity index (χ3v) is 4.16. The van der Waals surface area contributed by atoms with Crippen LogP contribution in [0.4, 0.5) is 5.69 Å². The molecule has 0 atom stereocenters. The average molecular weight is 412 g/mol. The highest BCUT2D eigenvalue weighted by Crippen LogP contribution is 2.24. The number of nitrogens with one attached hydrogen (secondary N) is 1. The van der Waals surface area contributed by atoms with Crippen molar-refractivity contribution in [2.24, 2.45) is 0 Å². The molecule has 21 heavy (non-hydrogen) atoms. The molecule has 0 spiro atoms. The van der Waals surface area contributed by atoms with Crippen LogP contribution in [0.25, 0.3) is 0 Å². The average Bonchev–Trinajstić information content (AvgIpc) is 2.37. The molecule has 0 aliphatic carbocycles. The van der Waals surface area contributed by atoms with Gasteiger partial charge in [-0.3, -0.25) is 4.79 Å². The number of rotatable bonds is 3. The molecule has 5 heteroatoms. The second-order valence-corrected chi connectivity index (χ2v) is 7.19. The predicted octanol–water partition coefficient (Wildman–Crippen LogP) is 4.46. The summed E-state index contributed by atoms with van der Waals surface area (Å²) in [5, 5.41) is 3.03. The van der Waals surface area contributed by atoms with Gasteiger partial charge in [0.25, 0.3) is 5.91 Å². The van der Waals surface area contributed by atoms with E-state index in [1.165, 1.54) is 0 Å². The van der Waals surface area contributed by atoms with E-state index in [1.807, 2.05) is 38.1 Å². The fraction of sp³-hybridized carbons (Fsp3) is 0.188. The maximum Gasteiger partial charge on any atom is 0.252 e. The number of amides is 1. The molecule has 3 N–H and O–H groups in total. The normalized spacial score (nSPS) is 11.2. The standard InChI is InChI=1S/C16H16Br2N2O/c1-16(2,11-3-5-12(17)6-4-11)20-15(21)10-7-13(18)9-14(19)8-10/h3-9H,19H2,1-2H3,(H,20,21). The van der Waals surface area contributed by atoms with Gasteiger partial charge in [-0.05, 0) is 49.7 Å². The molecule has 0 unspecified atom stereocenters. The lowest BCUT2D eigenvalue weighted by Crippen LogP contribution is -2.41. The molecule has 0 aromatic heterocycles. The van der Waals surface area contributed by atoms with Crippen molar-refractivity contribution in [1.82, 2.24) is 5.32 Å². The molecule has 0 fully saturated rings. The molecule has 0 saturated carbocycles. The van der Waals surface area contributed by atoms with Gasteiger partial charge in [-0.15, -0.1) is 0 Å². The van der Waals surface area contributed by atoms with Crippen LogP contribution in [0.3, 0.4) is 0 Å². The van der Waals surface area contributed by atoms with Crippen molar-refractivity contribution in [2.45, 2.75) is 19.4 Å². The molecule has 0 saturated heterocycles. The van der Waals surface area contributed by atoms with Crippen molar-refractivity contribution in [2.75, 3.05) is 5.73 Å². The van der Waals surface area contributed by atoms with Gasteiger partial charge >= 0.3 is 0 Å². The Balaban J connectivity index is 2.23. The summed E-state index contributed by atoms with van der Waals surface area (Å²) in [6.07, 6.45) is 0. The minimum absolute atomic E-state index is 0.157. The lowest BCUT2D eigenvalue weighted by molar-refractivity contribution is 0.0912. The summed E-state index contributed by atoms with van der Waals surface area (Å²) in [7, 11) is 0. The van der Waals surface area contributed by atoms with Gasteiger partial charge in [0.1, 0.15) is 0 Å². The molecule has 0 bridgehead atoms. The number of hydrogen-bond donors (Lipinski definition) is 2. The summed E-state index contributed by atoms with van der Waals surface area (Å²) in [4.78, 5) is 12.4. The van der Waals surface area contributed by atoms with Crippen LogP contribution in [0.2, 0.25) is 0 Å². The van der Waals surface area contributed by atoms with Crippen LogP contribution in [0, 0.1) is 0 Å². The predicted molar refractivity (Wildman–Crippen MR) is 93.2 cm³/mol. The van der Waals surface area contributed by atoms with Gasteiger partial charge in [-0.2, -0.15) is 0 Å². The first-order valence-electron chi connectivity index (χ1n) is 6.42. The van der Waals surface area contributed by atoms with Crippen LogP contribution < -0.4 is 11.1 Å². The SMILES string of the molecule is CC(C)(NC(=O)c1cc(N)cc(Br)c1)c1ccc(Br)cc1. The van der Waals surface area contributed by atoms with Crippen LogP contribution in [0.5, 0.6) is 0 Å². The summed E-state index contributed by atoms with van der Waals surface area (Å²) in [6, 6.07) is 13.1. The smallest absolute Gasteiger partial charge is 0.252 e. The molecule has 3 nitrogen and oxygen atoms in total. The van der Waals surface area contributed by atoms with Crippen molar-refractivity contribution in [3.8, 4) is 0 Å². The number of benzene rings is 2. The number of carbonyl (C=O) groups is 1. The third-order valence-electron chi connectivity index (χ3n) is 3.17. The van der Waals surface area contributed by atoms with E-state index in [0.29, 0.717) is 11.3 Å². The van der Waals surface area contributed by atoms with Crippen LogP contribution in [-0.2, 0) is 5.54 Å². The zero-order valence-corrected chi connectivity index (χ0v) is 15.0. The molecule has 1 amide bonds. The van der Waals surface area contributed by atoms with Gasteiger partial charge in [0.05, 0.1) is 5.54 Å². The lowest BCUT2D eigenvalue weighted by Gasteiger charge is -2.27. The number of hydrogen-bond acceptors (Lipinski definition) is 2. The number of anilines is 1. The Bertz CT molecular complexity index is 646. The van der Waals surface area contributed by atoms with Gasteiger partial charge in [-0.25, -0.2) is 0 Å². The van der Waals surface area contributed by atoms with Gasteiger partial charge in [0, 0.05) is 20.2 Å². The number of carbonyl (C=O) groups excluding carboxylic acids is 1. The minimum atomic E-state index is -0.477. The highest BCUT2D eigenvalue weighted by molar-refractivity contribution is 9.10. The van der Waals surface area contributed by atoms with E-state index in [-0.39, 0.29) is 5.91 Å². The van der Waals surface area contributed by atoms with Gasteiger partial charge in [0.2, 0.25) is 0 Å². The maximum absolute atomic E-state index is 12.4. The van der Waals surface area contributed by atoms with E-state index >= 15 is 0 Å². The largest absolute Gasteiger partial charge is 0.399 e. The highest BCUT2D eigenvalue weighted by atomic mass is 79.9. The lowest BCUT2D eigenvalue weighted by atomic mass is 9.94. The second-order valence-electron chi connectivity index (χ2n) is 5.36. The number of nitrogens with two attached hydrogens (primary N) is 1. The Morgan fingerprint density at radius 3 is 2.24 bits per heavy atom. The summed E-state index contributed by atoms with van der Waals surface area (Å²) in [5.74, 6) is -0.157. The first-order chi connectivity index (χ1) is 9.78. The highest BCUT2D eigenvalue weighted by Gasteiger charge is 2.23. The number of nitrogen functional groups attached to an aromatic ring is 1. The Morgan fingerprint density at radius 2 is 1.67 bits per heavy atom. The third kappa shape index (κ3) is 4.08. The van der Waals surface area contributed by atoms with E-state index in [9.17, 15) is 4.79 Å². The molecule has 0 aliphatic heterocycles. The molecule has 2 aromatic rings. The Kier molecular flexibility index (Phi) is 4.74. The summed E-state index contributed by atoms with van der Waals surface area (Å²) in [5.41, 5.74) is 7.41. The molecular weight excluding hydrogens is 396 g/mol. The Morgan fingerprint density at radius 1 is 1.05 bits per heavy atom. The van der Waals surface area contributed by atoms with Gasteiger partial charge in [-0.1, -0.05) is 44.0 Å². The van der Waals surface area contributed by atoms with Crippen LogP contribution in [0.15, 0.2) is 51.4 Å². The van der Waals surface area contributed by atoms with Crippen LogP contribution in [-0.4, -0.2) is 5.91 Å². The molecule has 2 aromatic carbocycles. The fourth-order valence-electron chi connectivity index (χ4n) is 2.04. The zero-order chi connectivity index (χ0) is 15.6. The van der Waals surface area contributed by atoms with Crippen molar-refractivity contribution in [3.63, 3.8) is 0 Å². The molecule has 2 rings (SSSR count). The molecule has 0 aliphatic rings. The van der Waals surface area contributed by atoms with Gasteiger partial charge < -0.3 is 11.1 Å². The van der Waals surface area contributed by atoms with E-state index in [0.717, 1.165) is 14.5 Å². The molecular formula is C16H16Br2N2O. The topological polar surface area (TPSA) is 55.1 Å². The van der Waals surface area contributed by atoms with E-state index in [2.05, 4.69) is 37.2 Å². The monoisotopic (exact) mass is 410 g/mol. The second kappa shape index (κ2) is 6.20. The van der Waals surface area contributed by atoms with Crippen molar-refractivity contribution >= 4 is 43.5 Å². The van der Waals surface area contributed by atoms with Crippen molar-refractivity contribution < 1.29 is 4.79 Å². The minimum Gasteiger partial charge on any atom is -0.399 e. The fourth-order valence-corrected chi connectivity index (χ4v) is 2.81. The molecule has 0 heterocycles. The van der Waals surface area contributed by atoms with E-state index in [4.69, 9.17) is 5.73 Å². The summed E-state index contributed by atoms with van der Waals surface area (Å²) < 4.78 is 1.79. The quantitative estimate of drug-likeness (QED) is 0.732. The van der Waals surface area contributed by atoms with Crippen molar-refractivity contribution in [1.29, 1.82) is 0 Å². The van der Waals surface area contributed by atoms with Gasteiger partial charge in [0.15, 0.2) is 0 Å². The first kappa shape index (κ1) is 16.0. The number of halogens is 2. The summed E-state index contributed by atoms with van der Waals surface area (Å²) in [6.45, 7) is 3.94. The molecule has 0 radical (unpaired) electrons. The first-order valence-corrected chi connectivity index (χ1v) is 8.01. The Labute approximate surface area is 141 Å². The van der Waals surface area contributed by atoms with E-state index in [1.54, 1.807) is 18.2 Å². The molecule has 110 valence electrons. The van der Waals surface area contributed by atoms with Crippen molar-refractivity contribution in [3.05, 3.63) is 62.5 Å². The Hall–Kier alpha value is -1.33. The van der Waals surface area contributed by atoms with Crippen LogP contribution >= 0.6 is 31.9 Å². The van der Waals surface area contributed by atoms with Crippen LogP contribution in [0.1, 0.15) is 29.8 Å².